The summed E-state index contributed by atoms with van der Waals surface area (Å²) in [5.74, 6) is 0.855. The number of halogens is 1. The first-order chi connectivity index (χ1) is 9.23. The van der Waals surface area contributed by atoms with E-state index in [1.807, 2.05) is 13.8 Å². The van der Waals surface area contributed by atoms with E-state index in [9.17, 15) is 9.59 Å². The second kappa shape index (κ2) is 6.88. The van der Waals surface area contributed by atoms with Crippen molar-refractivity contribution in [1.82, 2.24) is 9.55 Å². The summed E-state index contributed by atoms with van der Waals surface area (Å²) in [6.07, 6.45) is 0.827. The number of hydrogen-bond acceptors (Lipinski definition) is 3. The smallest absolute Gasteiger partial charge is 0.278 e. The summed E-state index contributed by atoms with van der Waals surface area (Å²) in [5.41, 5.74) is -0.442. The molecule has 0 aliphatic heterocycles. The van der Waals surface area contributed by atoms with Gasteiger partial charge in [-0.2, -0.15) is 0 Å². The molecule has 1 rings (SSSR count). The highest BCUT2D eigenvalue weighted by Crippen LogP contribution is 2.17. The molecular weight excluding hydrogens is 278 g/mol. The van der Waals surface area contributed by atoms with E-state index in [1.54, 1.807) is 6.92 Å². The van der Waals surface area contributed by atoms with Crippen molar-refractivity contribution in [2.45, 2.75) is 47.6 Å². The molecule has 0 amide bonds. The molecule has 0 aliphatic carbocycles. The van der Waals surface area contributed by atoms with Gasteiger partial charge in [0.05, 0.1) is 5.56 Å². The number of nitrogens with zero attached hydrogens (tertiary/aromatic N) is 2. The number of aromatic amines is 1. The van der Waals surface area contributed by atoms with E-state index < -0.39 is 11.2 Å². The summed E-state index contributed by atoms with van der Waals surface area (Å²) < 4.78 is 1.49. The minimum Gasteiger partial charge on any atom is -0.278 e. The normalized spacial score (nSPS) is 12.5. The summed E-state index contributed by atoms with van der Waals surface area (Å²) >= 11 is 6.08. The zero-order chi connectivity index (χ0) is 15.4. The van der Waals surface area contributed by atoms with E-state index in [4.69, 9.17) is 11.6 Å². The van der Waals surface area contributed by atoms with E-state index in [1.165, 1.54) is 4.57 Å². The van der Waals surface area contributed by atoms with Crippen molar-refractivity contribution in [1.29, 1.82) is 0 Å². The molecule has 0 fully saturated rings. The molecule has 1 aromatic rings. The zero-order valence-electron chi connectivity index (χ0n) is 12.7. The number of rotatable bonds is 5. The lowest BCUT2D eigenvalue weighted by Crippen LogP contribution is -2.32. The van der Waals surface area contributed by atoms with Crippen LogP contribution in [0.2, 0.25) is 0 Å². The maximum absolute atomic E-state index is 12.0. The van der Waals surface area contributed by atoms with Gasteiger partial charge in [0, 0.05) is 12.5 Å². The molecule has 0 aromatic carbocycles. The van der Waals surface area contributed by atoms with Crippen molar-refractivity contribution in [3.8, 4) is 0 Å². The number of aliphatic imine (C=N–C) groups is 1. The van der Waals surface area contributed by atoms with Gasteiger partial charge in [0.1, 0.15) is 11.0 Å². The van der Waals surface area contributed by atoms with Crippen molar-refractivity contribution in [3.63, 3.8) is 0 Å². The Hall–Kier alpha value is -1.36. The van der Waals surface area contributed by atoms with Gasteiger partial charge in [-0.05, 0) is 19.3 Å². The molecule has 0 saturated carbocycles. The number of H-pyrrole nitrogens is 1. The second-order valence-electron chi connectivity index (χ2n) is 5.63. The van der Waals surface area contributed by atoms with Crippen LogP contribution in [0.4, 0.5) is 5.82 Å². The minimum absolute atomic E-state index is 0.0454. The molecule has 5 nitrogen and oxygen atoms in total. The molecule has 6 heteroatoms. The summed E-state index contributed by atoms with van der Waals surface area (Å²) in [5, 5.41) is 0.386. The van der Waals surface area contributed by atoms with Crippen LogP contribution in [0.15, 0.2) is 14.6 Å². The van der Waals surface area contributed by atoms with Gasteiger partial charge in [0.2, 0.25) is 0 Å². The molecule has 0 bridgehead atoms. The summed E-state index contributed by atoms with van der Waals surface area (Å²) in [7, 11) is 0. The van der Waals surface area contributed by atoms with Crippen molar-refractivity contribution in [2.75, 3.05) is 0 Å². The topological polar surface area (TPSA) is 67.2 Å². The van der Waals surface area contributed by atoms with Crippen LogP contribution >= 0.6 is 11.6 Å². The molecule has 0 atom stereocenters. The van der Waals surface area contributed by atoms with Gasteiger partial charge in [-0.1, -0.05) is 39.3 Å². The van der Waals surface area contributed by atoms with E-state index in [0.29, 0.717) is 29.0 Å². The maximum Gasteiger partial charge on any atom is 0.329 e. The van der Waals surface area contributed by atoms with Crippen molar-refractivity contribution in [2.24, 2.45) is 16.8 Å². The average molecular weight is 300 g/mol. The predicted molar refractivity (Wildman–Crippen MR) is 83.3 cm³/mol. The van der Waals surface area contributed by atoms with Gasteiger partial charge in [-0.3, -0.25) is 14.3 Å². The van der Waals surface area contributed by atoms with E-state index in [2.05, 4.69) is 23.8 Å². The van der Waals surface area contributed by atoms with Crippen LogP contribution in [0.25, 0.3) is 0 Å². The van der Waals surface area contributed by atoms with E-state index in [-0.39, 0.29) is 5.92 Å². The lowest BCUT2D eigenvalue weighted by Gasteiger charge is -2.13. The highest BCUT2D eigenvalue weighted by atomic mass is 35.5. The molecule has 20 heavy (non-hydrogen) atoms. The SMILES string of the molecule is Cc1c(/N=C(/Cl)C(C)C)n(CCC(C)C)c(=O)[nH]c1=O. The minimum atomic E-state index is -0.437. The summed E-state index contributed by atoms with van der Waals surface area (Å²) in [6.45, 7) is 10.1. The van der Waals surface area contributed by atoms with Crippen molar-refractivity contribution < 1.29 is 0 Å². The van der Waals surface area contributed by atoms with Crippen LogP contribution in [0, 0.1) is 18.8 Å². The van der Waals surface area contributed by atoms with Gasteiger partial charge >= 0.3 is 5.69 Å². The van der Waals surface area contributed by atoms with Crippen LogP contribution in [0.5, 0.6) is 0 Å². The van der Waals surface area contributed by atoms with Gasteiger partial charge in [-0.25, -0.2) is 9.79 Å². The van der Waals surface area contributed by atoms with Crippen LogP contribution in [0.1, 0.15) is 39.7 Å². The Kier molecular flexibility index (Phi) is 5.74. The molecule has 0 saturated heterocycles. The lowest BCUT2D eigenvalue weighted by molar-refractivity contribution is 0.503. The van der Waals surface area contributed by atoms with Crippen molar-refractivity contribution >= 4 is 22.6 Å². The Morgan fingerprint density at radius 3 is 2.40 bits per heavy atom. The Balaban J connectivity index is 3.42. The first kappa shape index (κ1) is 16.7. The van der Waals surface area contributed by atoms with E-state index in [0.717, 1.165) is 6.42 Å². The molecule has 0 aliphatic rings. The van der Waals surface area contributed by atoms with Gasteiger partial charge < -0.3 is 0 Å². The molecule has 1 aromatic heterocycles. The molecule has 0 radical (unpaired) electrons. The standard InChI is InChI=1S/C14H22ClN3O2/c1-8(2)6-7-18-12(16-11(15)9(3)4)10(5)13(19)17-14(18)20/h8-9H,6-7H2,1-5H3,(H,17,19,20)/b16-11+. The van der Waals surface area contributed by atoms with Crippen LogP contribution in [0.3, 0.4) is 0 Å². The largest absolute Gasteiger partial charge is 0.329 e. The summed E-state index contributed by atoms with van der Waals surface area (Å²) in [6, 6.07) is 0. The monoisotopic (exact) mass is 299 g/mol. The zero-order valence-corrected chi connectivity index (χ0v) is 13.4. The fourth-order valence-corrected chi connectivity index (χ4v) is 1.71. The second-order valence-corrected chi connectivity index (χ2v) is 6.02. The number of hydrogen-bond donors (Lipinski definition) is 1. The van der Waals surface area contributed by atoms with Gasteiger partial charge in [0.25, 0.3) is 5.56 Å². The number of nitrogens with one attached hydrogen (secondary N) is 1. The van der Waals surface area contributed by atoms with Gasteiger partial charge in [-0.15, -0.1) is 0 Å². The highest BCUT2D eigenvalue weighted by Gasteiger charge is 2.13. The Morgan fingerprint density at radius 2 is 1.90 bits per heavy atom. The molecule has 112 valence electrons. The number of aromatic nitrogens is 2. The molecule has 0 unspecified atom stereocenters. The molecule has 1 N–H and O–H groups in total. The predicted octanol–water partition coefficient (Wildman–Crippen LogP) is 2.82. The summed E-state index contributed by atoms with van der Waals surface area (Å²) in [4.78, 5) is 30.3. The quantitative estimate of drug-likeness (QED) is 0.850. The lowest BCUT2D eigenvalue weighted by atomic mass is 10.1. The molecular formula is C14H22ClN3O2. The fourth-order valence-electron chi connectivity index (χ4n) is 1.63. The van der Waals surface area contributed by atoms with Gasteiger partial charge in [0.15, 0.2) is 0 Å². The average Bonchev–Trinajstić information content (AvgIpc) is 2.34. The third-order valence-corrected chi connectivity index (χ3v) is 3.54. The van der Waals surface area contributed by atoms with E-state index >= 15 is 0 Å². The third kappa shape index (κ3) is 4.07. The Bertz CT molecular complexity index is 612. The maximum atomic E-state index is 12.0. The fraction of sp³-hybridized carbons (Fsp3) is 0.643. The third-order valence-electron chi connectivity index (χ3n) is 3.02. The Labute approximate surface area is 123 Å². The molecule has 1 heterocycles. The van der Waals surface area contributed by atoms with Crippen LogP contribution in [-0.4, -0.2) is 14.7 Å². The first-order valence-electron chi connectivity index (χ1n) is 6.81. The first-order valence-corrected chi connectivity index (χ1v) is 7.19. The van der Waals surface area contributed by atoms with Crippen LogP contribution in [-0.2, 0) is 6.54 Å². The van der Waals surface area contributed by atoms with Crippen molar-refractivity contribution in [3.05, 3.63) is 26.4 Å². The van der Waals surface area contributed by atoms with Crippen LogP contribution < -0.4 is 11.2 Å². The molecule has 0 spiro atoms. The highest BCUT2D eigenvalue weighted by molar-refractivity contribution is 6.66. The Morgan fingerprint density at radius 1 is 1.30 bits per heavy atom.